The SMILES string of the molecule is C=CCc1cccc(C[C@H](NC(=O)OC(C)(C)C)C2CN(Cc3cccc(C(C)C)c3)C(=O)O2)c1. The minimum absolute atomic E-state index is 0.374. The van der Waals surface area contributed by atoms with E-state index in [9.17, 15) is 9.59 Å². The van der Waals surface area contributed by atoms with Crippen molar-refractivity contribution < 1.29 is 19.1 Å². The number of benzene rings is 2. The van der Waals surface area contributed by atoms with Gasteiger partial charge in [0.2, 0.25) is 0 Å². The van der Waals surface area contributed by atoms with Crippen LogP contribution in [0.25, 0.3) is 0 Å². The molecule has 0 saturated carbocycles. The van der Waals surface area contributed by atoms with Gasteiger partial charge < -0.3 is 19.7 Å². The maximum Gasteiger partial charge on any atom is 0.410 e. The van der Waals surface area contributed by atoms with Crippen molar-refractivity contribution in [3.8, 4) is 0 Å². The molecule has 2 atom stereocenters. The summed E-state index contributed by atoms with van der Waals surface area (Å²) in [5.74, 6) is 0.410. The number of ether oxygens (including phenoxy) is 2. The first kappa shape index (κ1) is 26.3. The number of rotatable bonds is 9. The number of alkyl carbamates (subject to hydrolysis) is 1. The maximum atomic E-state index is 12.8. The average molecular weight is 479 g/mol. The molecule has 0 aromatic heterocycles. The van der Waals surface area contributed by atoms with E-state index in [0.717, 1.165) is 23.1 Å². The van der Waals surface area contributed by atoms with Crippen LogP contribution in [-0.4, -0.2) is 41.4 Å². The minimum atomic E-state index is -0.627. The Morgan fingerprint density at radius 3 is 2.54 bits per heavy atom. The molecular formula is C29H38N2O4. The second kappa shape index (κ2) is 11.4. The Morgan fingerprint density at radius 1 is 1.17 bits per heavy atom. The van der Waals surface area contributed by atoms with Gasteiger partial charge in [0.25, 0.3) is 0 Å². The zero-order valence-corrected chi connectivity index (χ0v) is 21.5. The lowest BCUT2D eigenvalue weighted by molar-refractivity contribution is 0.0436. The van der Waals surface area contributed by atoms with Gasteiger partial charge in [-0.25, -0.2) is 9.59 Å². The molecule has 0 aliphatic carbocycles. The lowest BCUT2D eigenvalue weighted by Gasteiger charge is -2.26. The molecule has 0 radical (unpaired) electrons. The zero-order chi connectivity index (χ0) is 25.6. The maximum absolute atomic E-state index is 12.8. The summed E-state index contributed by atoms with van der Waals surface area (Å²) in [6.45, 7) is 14.4. The number of amides is 2. The van der Waals surface area contributed by atoms with Crippen molar-refractivity contribution in [2.75, 3.05) is 6.54 Å². The Hall–Kier alpha value is -3.28. The second-order valence-electron chi connectivity index (χ2n) is 10.5. The monoisotopic (exact) mass is 478 g/mol. The van der Waals surface area contributed by atoms with Crippen LogP contribution >= 0.6 is 0 Å². The molecule has 3 rings (SSSR count). The van der Waals surface area contributed by atoms with Gasteiger partial charge in [0.1, 0.15) is 11.7 Å². The molecule has 35 heavy (non-hydrogen) atoms. The first-order chi connectivity index (χ1) is 16.5. The van der Waals surface area contributed by atoms with E-state index in [-0.39, 0.29) is 6.09 Å². The number of allylic oxidation sites excluding steroid dienone is 1. The van der Waals surface area contributed by atoms with Crippen molar-refractivity contribution in [3.05, 3.63) is 83.4 Å². The van der Waals surface area contributed by atoms with Crippen molar-refractivity contribution in [1.82, 2.24) is 10.2 Å². The number of hydrogen-bond acceptors (Lipinski definition) is 4. The minimum Gasteiger partial charge on any atom is -0.444 e. The number of carbonyl (C=O) groups excluding carboxylic acids is 2. The van der Waals surface area contributed by atoms with Gasteiger partial charge in [-0.05, 0) is 61.8 Å². The Balaban J connectivity index is 1.76. The van der Waals surface area contributed by atoms with E-state index < -0.39 is 23.8 Å². The molecule has 1 aliphatic heterocycles. The van der Waals surface area contributed by atoms with Crippen LogP contribution in [0, 0.1) is 0 Å². The predicted octanol–water partition coefficient (Wildman–Crippen LogP) is 6.00. The van der Waals surface area contributed by atoms with E-state index in [1.807, 2.05) is 57.2 Å². The van der Waals surface area contributed by atoms with Gasteiger partial charge in [0.05, 0.1) is 12.6 Å². The van der Waals surface area contributed by atoms with Crippen LogP contribution in [0.1, 0.15) is 62.8 Å². The molecule has 6 nitrogen and oxygen atoms in total. The average Bonchev–Trinajstić information content (AvgIpc) is 3.13. The number of hydrogen-bond donors (Lipinski definition) is 1. The highest BCUT2D eigenvalue weighted by atomic mass is 16.6. The molecule has 0 bridgehead atoms. The Morgan fingerprint density at radius 2 is 1.86 bits per heavy atom. The van der Waals surface area contributed by atoms with E-state index in [4.69, 9.17) is 9.47 Å². The van der Waals surface area contributed by atoms with Crippen LogP contribution < -0.4 is 5.32 Å². The number of nitrogens with zero attached hydrogens (tertiary/aromatic N) is 1. The van der Waals surface area contributed by atoms with Gasteiger partial charge in [-0.15, -0.1) is 6.58 Å². The van der Waals surface area contributed by atoms with Crippen LogP contribution in [0.3, 0.4) is 0 Å². The summed E-state index contributed by atoms with van der Waals surface area (Å²) in [5.41, 5.74) is 3.85. The van der Waals surface area contributed by atoms with Gasteiger partial charge in [0, 0.05) is 6.54 Å². The molecule has 1 fully saturated rings. The lowest BCUT2D eigenvalue weighted by Crippen LogP contribution is -2.48. The fourth-order valence-corrected chi connectivity index (χ4v) is 4.18. The third kappa shape index (κ3) is 7.88. The summed E-state index contributed by atoms with van der Waals surface area (Å²) < 4.78 is 11.3. The molecular weight excluding hydrogens is 440 g/mol. The quantitative estimate of drug-likeness (QED) is 0.449. The lowest BCUT2D eigenvalue weighted by atomic mass is 9.98. The fourth-order valence-electron chi connectivity index (χ4n) is 4.18. The van der Waals surface area contributed by atoms with E-state index in [2.05, 4.69) is 43.9 Å². The topological polar surface area (TPSA) is 67.9 Å². The summed E-state index contributed by atoms with van der Waals surface area (Å²) in [6.07, 6.45) is 1.75. The zero-order valence-electron chi connectivity index (χ0n) is 21.5. The Labute approximate surface area is 209 Å². The highest BCUT2D eigenvalue weighted by molar-refractivity contribution is 5.71. The molecule has 0 spiro atoms. The van der Waals surface area contributed by atoms with Gasteiger partial charge in [-0.1, -0.05) is 68.5 Å². The normalized spacial score (nSPS) is 16.7. The molecule has 1 N–H and O–H groups in total. The third-order valence-corrected chi connectivity index (χ3v) is 5.88. The molecule has 2 amide bonds. The summed E-state index contributed by atoms with van der Waals surface area (Å²) in [4.78, 5) is 27.1. The number of carbonyl (C=O) groups is 2. The molecule has 188 valence electrons. The first-order valence-corrected chi connectivity index (χ1v) is 12.3. The predicted molar refractivity (Wildman–Crippen MR) is 138 cm³/mol. The Bertz CT molecular complexity index is 1040. The van der Waals surface area contributed by atoms with E-state index in [1.54, 1.807) is 4.90 Å². The summed E-state index contributed by atoms with van der Waals surface area (Å²) in [5, 5.41) is 2.96. The van der Waals surface area contributed by atoms with Gasteiger partial charge >= 0.3 is 12.2 Å². The van der Waals surface area contributed by atoms with Crippen LogP contribution in [0.5, 0.6) is 0 Å². The fraction of sp³-hybridized carbons (Fsp3) is 0.448. The highest BCUT2D eigenvalue weighted by Crippen LogP contribution is 2.23. The van der Waals surface area contributed by atoms with Crippen molar-refractivity contribution >= 4 is 12.2 Å². The standard InChI is InChI=1S/C29H38N2O4/c1-7-10-21-11-8-12-22(15-21)17-25(30-27(32)35-29(4,5)6)26-19-31(28(33)34-26)18-23-13-9-14-24(16-23)20(2)3/h7-9,11-16,20,25-26H,1,10,17-19H2,2-6H3,(H,30,32)/t25-,26?/m0/s1. The highest BCUT2D eigenvalue weighted by Gasteiger charge is 2.38. The molecule has 1 aliphatic rings. The van der Waals surface area contributed by atoms with E-state index >= 15 is 0 Å². The largest absolute Gasteiger partial charge is 0.444 e. The van der Waals surface area contributed by atoms with Crippen LogP contribution in [0.15, 0.2) is 61.2 Å². The smallest absolute Gasteiger partial charge is 0.410 e. The van der Waals surface area contributed by atoms with Crippen LogP contribution in [-0.2, 0) is 28.9 Å². The van der Waals surface area contributed by atoms with E-state index in [1.165, 1.54) is 5.56 Å². The van der Waals surface area contributed by atoms with Gasteiger partial charge in [-0.3, -0.25) is 0 Å². The van der Waals surface area contributed by atoms with Gasteiger partial charge in [0.15, 0.2) is 0 Å². The number of nitrogens with one attached hydrogen (secondary N) is 1. The van der Waals surface area contributed by atoms with Gasteiger partial charge in [-0.2, -0.15) is 0 Å². The molecule has 1 heterocycles. The van der Waals surface area contributed by atoms with Crippen molar-refractivity contribution in [2.45, 2.75) is 77.7 Å². The van der Waals surface area contributed by atoms with Crippen molar-refractivity contribution in [2.24, 2.45) is 0 Å². The van der Waals surface area contributed by atoms with Crippen LogP contribution in [0.4, 0.5) is 9.59 Å². The van der Waals surface area contributed by atoms with Crippen molar-refractivity contribution in [3.63, 3.8) is 0 Å². The summed E-state index contributed by atoms with van der Waals surface area (Å²) in [7, 11) is 0. The molecule has 6 heteroatoms. The molecule has 1 saturated heterocycles. The summed E-state index contributed by atoms with van der Waals surface area (Å²) in [6, 6.07) is 16.0. The first-order valence-electron chi connectivity index (χ1n) is 12.3. The third-order valence-electron chi connectivity index (χ3n) is 5.88. The molecule has 2 aromatic rings. The molecule has 1 unspecified atom stereocenters. The summed E-state index contributed by atoms with van der Waals surface area (Å²) >= 11 is 0. The molecule has 2 aromatic carbocycles. The Kier molecular flexibility index (Phi) is 8.60. The van der Waals surface area contributed by atoms with E-state index in [0.29, 0.717) is 25.4 Å². The van der Waals surface area contributed by atoms with Crippen LogP contribution in [0.2, 0.25) is 0 Å². The van der Waals surface area contributed by atoms with Crippen molar-refractivity contribution in [1.29, 1.82) is 0 Å². The second-order valence-corrected chi connectivity index (χ2v) is 10.5. The number of cyclic esters (lactones) is 1.